The Morgan fingerprint density at radius 3 is 2.95 bits per heavy atom. The van der Waals surface area contributed by atoms with Gasteiger partial charge in [-0.2, -0.15) is 4.98 Å². The summed E-state index contributed by atoms with van der Waals surface area (Å²) in [5.41, 5.74) is 1.59. The number of hydrogen-bond acceptors (Lipinski definition) is 5. The molecule has 0 saturated carbocycles. The van der Waals surface area contributed by atoms with Gasteiger partial charge in [-0.15, -0.1) is 0 Å². The number of hydrogen-bond donors (Lipinski definition) is 1. The smallest absolute Gasteiger partial charge is 0.227 e. The van der Waals surface area contributed by atoms with Crippen molar-refractivity contribution in [2.45, 2.75) is 32.1 Å². The van der Waals surface area contributed by atoms with Crippen molar-refractivity contribution >= 4 is 11.8 Å². The molecular formula is C16H24N4O. The first kappa shape index (κ1) is 14.3. The van der Waals surface area contributed by atoms with Gasteiger partial charge < -0.3 is 15.0 Å². The summed E-state index contributed by atoms with van der Waals surface area (Å²) >= 11 is 0. The van der Waals surface area contributed by atoms with E-state index in [1.165, 1.54) is 25.7 Å². The molecule has 1 saturated heterocycles. The highest BCUT2D eigenvalue weighted by Gasteiger charge is 2.13. The Morgan fingerprint density at radius 1 is 1.24 bits per heavy atom. The molecule has 1 fully saturated rings. The number of aromatic nitrogens is 2. The van der Waals surface area contributed by atoms with Gasteiger partial charge in [0.2, 0.25) is 5.95 Å². The number of rotatable bonds is 5. The Kier molecular flexibility index (Phi) is 5.05. The van der Waals surface area contributed by atoms with E-state index in [4.69, 9.17) is 4.74 Å². The Labute approximate surface area is 126 Å². The number of nitrogens with zero attached hydrogens (tertiary/aromatic N) is 3. The summed E-state index contributed by atoms with van der Waals surface area (Å²) in [5, 5.41) is 3.42. The second kappa shape index (κ2) is 7.41. The molecule has 0 spiro atoms. The van der Waals surface area contributed by atoms with E-state index in [9.17, 15) is 0 Å². The number of morpholine rings is 1. The molecule has 5 heteroatoms. The molecule has 0 radical (unpaired) electrons. The van der Waals surface area contributed by atoms with Crippen LogP contribution in [0.5, 0.6) is 0 Å². The minimum atomic E-state index is 0.759. The zero-order chi connectivity index (χ0) is 14.3. The highest BCUT2D eigenvalue weighted by Crippen LogP contribution is 2.20. The third-order valence-electron chi connectivity index (χ3n) is 4.07. The van der Waals surface area contributed by atoms with Crippen molar-refractivity contribution in [3.63, 3.8) is 0 Å². The largest absolute Gasteiger partial charge is 0.378 e. The van der Waals surface area contributed by atoms with E-state index in [1.54, 1.807) is 5.57 Å². The van der Waals surface area contributed by atoms with Crippen molar-refractivity contribution in [2.75, 3.05) is 43.1 Å². The summed E-state index contributed by atoms with van der Waals surface area (Å²) in [6, 6.07) is 1.94. The second-order valence-corrected chi connectivity index (χ2v) is 5.63. The molecule has 1 aromatic rings. The van der Waals surface area contributed by atoms with Crippen LogP contribution < -0.4 is 10.2 Å². The molecular weight excluding hydrogens is 264 g/mol. The van der Waals surface area contributed by atoms with Gasteiger partial charge in [0, 0.05) is 25.8 Å². The van der Waals surface area contributed by atoms with E-state index in [-0.39, 0.29) is 0 Å². The Morgan fingerprint density at radius 2 is 2.14 bits per heavy atom. The maximum atomic E-state index is 5.36. The van der Waals surface area contributed by atoms with Crippen LogP contribution in [0, 0.1) is 0 Å². The minimum Gasteiger partial charge on any atom is -0.378 e. The van der Waals surface area contributed by atoms with Crippen molar-refractivity contribution < 1.29 is 4.74 Å². The van der Waals surface area contributed by atoms with Crippen LogP contribution in [0.2, 0.25) is 0 Å². The van der Waals surface area contributed by atoms with Gasteiger partial charge in [0.15, 0.2) is 0 Å². The SMILES string of the molecule is C1=C(CCNc2ccnc(N3CCOCC3)n2)CCCC1. The van der Waals surface area contributed by atoms with Crippen molar-refractivity contribution in [1.82, 2.24) is 9.97 Å². The van der Waals surface area contributed by atoms with Gasteiger partial charge >= 0.3 is 0 Å². The lowest BCUT2D eigenvalue weighted by molar-refractivity contribution is 0.122. The van der Waals surface area contributed by atoms with Crippen LogP contribution in [0.1, 0.15) is 32.1 Å². The van der Waals surface area contributed by atoms with E-state index >= 15 is 0 Å². The molecule has 5 nitrogen and oxygen atoms in total. The Bertz CT molecular complexity index is 483. The highest BCUT2D eigenvalue weighted by molar-refractivity contribution is 5.41. The van der Waals surface area contributed by atoms with Crippen molar-refractivity contribution in [2.24, 2.45) is 0 Å². The Balaban J connectivity index is 1.52. The van der Waals surface area contributed by atoms with Crippen LogP contribution in [0.3, 0.4) is 0 Å². The summed E-state index contributed by atoms with van der Waals surface area (Å²) in [6.07, 6.45) is 10.6. The summed E-state index contributed by atoms with van der Waals surface area (Å²) < 4.78 is 5.36. The van der Waals surface area contributed by atoms with Gasteiger partial charge in [0.25, 0.3) is 0 Å². The molecule has 114 valence electrons. The van der Waals surface area contributed by atoms with Crippen LogP contribution >= 0.6 is 0 Å². The maximum Gasteiger partial charge on any atom is 0.227 e. The van der Waals surface area contributed by atoms with Gasteiger partial charge in [-0.3, -0.25) is 0 Å². The number of nitrogens with one attached hydrogen (secondary N) is 1. The second-order valence-electron chi connectivity index (χ2n) is 5.63. The summed E-state index contributed by atoms with van der Waals surface area (Å²) in [7, 11) is 0. The molecule has 1 aliphatic carbocycles. The lowest BCUT2D eigenvalue weighted by Gasteiger charge is -2.26. The lowest BCUT2D eigenvalue weighted by Crippen LogP contribution is -2.37. The van der Waals surface area contributed by atoms with Gasteiger partial charge in [-0.05, 0) is 38.2 Å². The highest BCUT2D eigenvalue weighted by atomic mass is 16.5. The van der Waals surface area contributed by atoms with Crippen LogP contribution in [-0.2, 0) is 4.74 Å². The fourth-order valence-corrected chi connectivity index (χ4v) is 2.85. The van der Waals surface area contributed by atoms with Crippen LogP contribution in [0.25, 0.3) is 0 Å². The molecule has 1 aromatic heterocycles. The normalized spacial score (nSPS) is 19.2. The first-order chi connectivity index (χ1) is 10.4. The average Bonchev–Trinajstić information content (AvgIpc) is 2.57. The predicted molar refractivity (Wildman–Crippen MR) is 84.7 cm³/mol. The fraction of sp³-hybridized carbons (Fsp3) is 0.625. The summed E-state index contributed by atoms with van der Waals surface area (Å²) in [4.78, 5) is 11.2. The Hall–Kier alpha value is -1.62. The van der Waals surface area contributed by atoms with Crippen LogP contribution in [0.15, 0.2) is 23.9 Å². The van der Waals surface area contributed by atoms with E-state index in [1.807, 2.05) is 12.3 Å². The fourth-order valence-electron chi connectivity index (χ4n) is 2.85. The topological polar surface area (TPSA) is 50.3 Å². The molecule has 0 unspecified atom stereocenters. The summed E-state index contributed by atoms with van der Waals surface area (Å²) in [6.45, 7) is 4.21. The van der Waals surface area contributed by atoms with Gasteiger partial charge in [-0.25, -0.2) is 4.98 Å². The van der Waals surface area contributed by atoms with E-state index in [0.29, 0.717) is 0 Å². The molecule has 0 aromatic carbocycles. The molecule has 0 bridgehead atoms. The average molecular weight is 288 g/mol. The molecule has 3 rings (SSSR count). The van der Waals surface area contributed by atoms with E-state index in [0.717, 1.165) is 51.0 Å². The van der Waals surface area contributed by atoms with Crippen molar-refractivity contribution in [3.8, 4) is 0 Å². The first-order valence-corrected chi connectivity index (χ1v) is 7.99. The standard InChI is InChI=1S/C16H24N4O/c1-2-4-14(5-3-1)6-8-17-15-7-9-18-16(19-15)20-10-12-21-13-11-20/h4,7,9H,1-3,5-6,8,10-13H2,(H,17,18,19). The van der Waals surface area contributed by atoms with Crippen LogP contribution in [-0.4, -0.2) is 42.8 Å². The molecule has 0 atom stereocenters. The quantitative estimate of drug-likeness (QED) is 0.844. The van der Waals surface area contributed by atoms with Gasteiger partial charge in [-0.1, -0.05) is 11.6 Å². The minimum absolute atomic E-state index is 0.759. The summed E-state index contributed by atoms with van der Waals surface area (Å²) in [5.74, 6) is 1.73. The van der Waals surface area contributed by atoms with E-state index < -0.39 is 0 Å². The monoisotopic (exact) mass is 288 g/mol. The van der Waals surface area contributed by atoms with Gasteiger partial charge in [0.05, 0.1) is 13.2 Å². The predicted octanol–water partition coefficient (Wildman–Crippen LogP) is 2.62. The molecule has 1 N–H and O–H groups in total. The first-order valence-electron chi connectivity index (χ1n) is 7.99. The number of allylic oxidation sites excluding steroid dienone is 1. The zero-order valence-electron chi connectivity index (χ0n) is 12.6. The maximum absolute atomic E-state index is 5.36. The molecule has 21 heavy (non-hydrogen) atoms. The number of anilines is 2. The van der Waals surface area contributed by atoms with Gasteiger partial charge in [0.1, 0.15) is 5.82 Å². The molecule has 1 aliphatic heterocycles. The third kappa shape index (κ3) is 4.17. The molecule has 2 heterocycles. The van der Waals surface area contributed by atoms with Crippen molar-refractivity contribution in [1.29, 1.82) is 0 Å². The van der Waals surface area contributed by atoms with E-state index in [2.05, 4.69) is 26.3 Å². The lowest BCUT2D eigenvalue weighted by atomic mass is 9.97. The molecule has 2 aliphatic rings. The van der Waals surface area contributed by atoms with Crippen LogP contribution in [0.4, 0.5) is 11.8 Å². The van der Waals surface area contributed by atoms with Crippen molar-refractivity contribution in [3.05, 3.63) is 23.9 Å². The molecule has 0 amide bonds. The number of ether oxygens (including phenoxy) is 1. The zero-order valence-corrected chi connectivity index (χ0v) is 12.6. The third-order valence-corrected chi connectivity index (χ3v) is 4.07.